The number of amides is 1. The molecule has 2 heterocycles. The van der Waals surface area contributed by atoms with Gasteiger partial charge >= 0.3 is 0 Å². The van der Waals surface area contributed by atoms with Gasteiger partial charge in [-0.15, -0.1) is 0 Å². The second-order valence-corrected chi connectivity index (χ2v) is 13.2. The molecule has 0 unspecified atom stereocenters. The molecule has 12 heteroatoms. The summed E-state index contributed by atoms with van der Waals surface area (Å²) in [5, 5.41) is 2.81. The summed E-state index contributed by atoms with van der Waals surface area (Å²) in [7, 11) is -5.51. The number of aryl methyl sites for hydroxylation is 1. The zero-order valence-electron chi connectivity index (χ0n) is 20.4. The Balaban J connectivity index is 1.41. The largest absolute Gasteiger partial charge is 0.326 e. The first-order valence-electron chi connectivity index (χ1n) is 11.8. The van der Waals surface area contributed by atoms with Crippen molar-refractivity contribution in [2.24, 2.45) is 5.92 Å². The second-order valence-electron chi connectivity index (χ2n) is 9.31. The van der Waals surface area contributed by atoms with Crippen molar-refractivity contribution in [3.8, 4) is 0 Å². The third-order valence-corrected chi connectivity index (χ3v) is 10.8. The first-order valence-corrected chi connectivity index (χ1v) is 14.7. The van der Waals surface area contributed by atoms with Crippen molar-refractivity contribution < 1.29 is 26.0 Å². The summed E-state index contributed by atoms with van der Waals surface area (Å²) in [5.41, 5.74) is 0.992. The molecular formula is C24H31FN4O5S2. The molecule has 4 rings (SSSR count). The van der Waals surface area contributed by atoms with Gasteiger partial charge < -0.3 is 10.2 Å². The van der Waals surface area contributed by atoms with E-state index >= 15 is 0 Å². The molecule has 9 nitrogen and oxygen atoms in total. The van der Waals surface area contributed by atoms with Gasteiger partial charge in [-0.05, 0) is 68.8 Å². The lowest BCUT2D eigenvalue weighted by atomic mass is 9.97. The van der Waals surface area contributed by atoms with Crippen LogP contribution in [0.25, 0.3) is 0 Å². The highest BCUT2D eigenvalue weighted by molar-refractivity contribution is 7.89. The quantitative estimate of drug-likeness (QED) is 0.604. The molecule has 2 fully saturated rings. The third-order valence-electron chi connectivity index (χ3n) is 6.81. The minimum absolute atomic E-state index is 0.0144. The molecule has 0 aliphatic carbocycles. The number of hydrogen-bond acceptors (Lipinski definition) is 6. The molecule has 0 radical (unpaired) electrons. The van der Waals surface area contributed by atoms with Gasteiger partial charge in [-0.1, -0.05) is 6.07 Å². The maximum absolute atomic E-state index is 13.2. The molecular weight excluding hydrogens is 507 g/mol. The van der Waals surface area contributed by atoms with E-state index in [1.807, 2.05) is 7.05 Å². The standard InChI is InChI=1S/C24H31FN4O5S2/c1-18-3-6-21(17-23(18)36(33,34)29-15-13-27(2)14-16-29)26-24(30)19-9-11-28(12-10-19)35(31,32)22-7-4-20(25)5-8-22/h3-8,17,19H,9-16H2,1-2H3,(H,26,30). The van der Waals surface area contributed by atoms with Crippen molar-refractivity contribution in [1.82, 2.24) is 13.5 Å². The highest BCUT2D eigenvalue weighted by atomic mass is 32.2. The Morgan fingerprint density at radius 1 is 0.861 bits per heavy atom. The lowest BCUT2D eigenvalue weighted by molar-refractivity contribution is -0.120. The van der Waals surface area contributed by atoms with Gasteiger partial charge in [0.05, 0.1) is 9.79 Å². The zero-order chi connectivity index (χ0) is 26.1. The topological polar surface area (TPSA) is 107 Å². The zero-order valence-corrected chi connectivity index (χ0v) is 22.0. The molecule has 2 saturated heterocycles. The molecule has 36 heavy (non-hydrogen) atoms. The average Bonchev–Trinajstić information content (AvgIpc) is 2.85. The lowest BCUT2D eigenvalue weighted by Crippen LogP contribution is -2.47. The number of piperazine rings is 1. The third kappa shape index (κ3) is 5.62. The molecule has 1 amide bonds. The van der Waals surface area contributed by atoms with E-state index in [1.54, 1.807) is 19.1 Å². The molecule has 0 atom stereocenters. The van der Waals surface area contributed by atoms with Crippen molar-refractivity contribution in [3.05, 3.63) is 53.8 Å². The van der Waals surface area contributed by atoms with Crippen LogP contribution in [-0.2, 0) is 24.8 Å². The van der Waals surface area contributed by atoms with E-state index in [-0.39, 0.29) is 28.8 Å². The number of likely N-dealkylation sites (N-methyl/N-ethyl adjacent to an activating group) is 1. The number of rotatable bonds is 6. The highest BCUT2D eigenvalue weighted by Crippen LogP contribution is 2.27. The van der Waals surface area contributed by atoms with Crippen molar-refractivity contribution in [2.45, 2.75) is 29.6 Å². The Morgan fingerprint density at radius 3 is 2.06 bits per heavy atom. The number of halogens is 1. The van der Waals surface area contributed by atoms with Gasteiger partial charge in [0, 0.05) is 50.9 Å². The van der Waals surface area contributed by atoms with Crippen LogP contribution in [0.15, 0.2) is 52.3 Å². The van der Waals surface area contributed by atoms with E-state index in [2.05, 4.69) is 10.2 Å². The normalized spacial score (nSPS) is 19.3. The van der Waals surface area contributed by atoms with Crippen LogP contribution in [-0.4, -0.2) is 82.6 Å². The number of piperidine rings is 1. The lowest BCUT2D eigenvalue weighted by Gasteiger charge is -2.32. The number of nitrogens with zero attached hydrogens (tertiary/aromatic N) is 3. The first-order chi connectivity index (χ1) is 17.0. The van der Waals surface area contributed by atoms with Crippen LogP contribution >= 0.6 is 0 Å². The molecule has 2 aliphatic rings. The molecule has 0 saturated carbocycles. The minimum Gasteiger partial charge on any atom is -0.326 e. The van der Waals surface area contributed by atoms with E-state index in [4.69, 9.17) is 0 Å². The fourth-order valence-electron chi connectivity index (χ4n) is 4.48. The predicted octanol–water partition coefficient (Wildman–Crippen LogP) is 2.11. The van der Waals surface area contributed by atoms with Crippen molar-refractivity contribution >= 4 is 31.6 Å². The molecule has 196 valence electrons. The van der Waals surface area contributed by atoms with Crippen LogP contribution in [0.5, 0.6) is 0 Å². The first kappa shape index (κ1) is 26.7. The molecule has 0 bridgehead atoms. The van der Waals surface area contributed by atoms with Crippen LogP contribution in [0.4, 0.5) is 10.1 Å². The summed E-state index contributed by atoms with van der Waals surface area (Å²) in [6.07, 6.45) is 0.648. The number of anilines is 1. The van der Waals surface area contributed by atoms with Crippen LogP contribution in [0.2, 0.25) is 0 Å². The fraction of sp³-hybridized carbons (Fsp3) is 0.458. The van der Waals surface area contributed by atoms with Crippen molar-refractivity contribution in [2.75, 3.05) is 51.6 Å². The van der Waals surface area contributed by atoms with E-state index in [0.29, 0.717) is 50.3 Å². The average molecular weight is 539 g/mol. The van der Waals surface area contributed by atoms with Gasteiger partial charge in [0.25, 0.3) is 0 Å². The van der Waals surface area contributed by atoms with Gasteiger partial charge in [0.15, 0.2) is 0 Å². The number of nitrogens with one attached hydrogen (secondary N) is 1. The van der Waals surface area contributed by atoms with E-state index in [0.717, 1.165) is 12.1 Å². The van der Waals surface area contributed by atoms with Crippen LogP contribution in [0, 0.1) is 18.7 Å². The minimum atomic E-state index is -3.77. The summed E-state index contributed by atoms with van der Waals surface area (Å²) in [5.74, 6) is -1.20. The van der Waals surface area contributed by atoms with Crippen molar-refractivity contribution in [3.63, 3.8) is 0 Å². The maximum Gasteiger partial charge on any atom is 0.243 e. The Hall–Kier alpha value is -2.38. The van der Waals surface area contributed by atoms with Crippen molar-refractivity contribution in [1.29, 1.82) is 0 Å². The molecule has 2 aromatic carbocycles. The Morgan fingerprint density at radius 2 is 1.44 bits per heavy atom. The van der Waals surface area contributed by atoms with E-state index in [1.165, 1.54) is 26.8 Å². The van der Waals surface area contributed by atoms with E-state index in [9.17, 15) is 26.0 Å². The van der Waals surface area contributed by atoms with E-state index < -0.39 is 31.8 Å². The van der Waals surface area contributed by atoms with Gasteiger partial charge in [0.1, 0.15) is 5.82 Å². The molecule has 2 aromatic rings. The highest BCUT2D eigenvalue weighted by Gasteiger charge is 2.33. The summed E-state index contributed by atoms with van der Waals surface area (Å²) in [6, 6.07) is 9.51. The molecule has 2 aliphatic heterocycles. The van der Waals surface area contributed by atoms with Crippen LogP contribution in [0.1, 0.15) is 18.4 Å². The number of sulfonamides is 2. The Kier molecular flexibility index (Phi) is 7.81. The fourth-order valence-corrected chi connectivity index (χ4v) is 7.62. The van der Waals surface area contributed by atoms with Crippen LogP contribution in [0.3, 0.4) is 0 Å². The Labute approximate surface area is 212 Å². The predicted molar refractivity (Wildman–Crippen MR) is 134 cm³/mol. The maximum atomic E-state index is 13.2. The number of carbonyl (C=O) groups excluding carboxylic acids is 1. The number of carbonyl (C=O) groups is 1. The summed E-state index contributed by atoms with van der Waals surface area (Å²) in [6.45, 7) is 4.19. The Bertz CT molecular complexity index is 1320. The monoisotopic (exact) mass is 538 g/mol. The summed E-state index contributed by atoms with van der Waals surface area (Å²) < 4.78 is 68.0. The molecule has 0 aromatic heterocycles. The summed E-state index contributed by atoms with van der Waals surface area (Å²) >= 11 is 0. The number of hydrogen-bond donors (Lipinski definition) is 1. The van der Waals surface area contributed by atoms with Gasteiger partial charge in [-0.3, -0.25) is 4.79 Å². The van der Waals surface area contributed by atoms with Gasteiger partial charge in [-0.2, -0.15) is 8.61 Å². The van der Waals surface area contributed by atoms with Crippen LogP contribution < -0.4 is 5.32 Å². The SMILES string of the molecule is Cc1ccc(NC(=O)C2CCN(S(=O)(=O)c3ccc(F)cc3)CC2)cc1S(=O)(=O)N1CCN(C)CC1. The number of benzene rings is 2. The smallest absolute Gasteiger partial charge is 0.243 e. The summed E-state index contributed by atoms with van der Waals surface area (Å²) in [4.78, 5) is 15.2. The van der Waals surface area contributed by atoms with Gasteiger partial charge in [0.2, 0.25) is 26.0 Å². The molecule has 1 N–H and O–H groups in total. The van der Waals surface area contributed by atoms with Gasteiger partial charge in [-0.25, -0.2) is 21.2 Å². The molecule has 0 spiro atoms. The second kappa shape index (κ2) is 10.5.